The number of amides is 1. The second-order valence-corrected chi connectivity index (χ2v) is 8.13. The Bertz CT molecular complexity index is 800. The highest BCUT2D eigenvalue weighted by Crippen LogP contribution is 2.26. The predicted octanol–water partition coefficient (Wildman–Crippen LogP) is 4.46. The number of aryl methyl sites for hydroxylation is 1. The van der Waals surface area contributed by atoms with Crippen molar-refractivity contribution in [2.75, 3.05) is 36.4 Å². The maximum atomic E-state index is 12.4. The van der Waals surface area contributed by atoms with Crippen LogP contribution >= 0.6 is 11.8 Å². The number of nitrogens with one attached hydrogen (secondary N) is 1. The van der Waals surface area contributed by atoms with Crippen LogP contribution in [0.5, 0.6) is 0 Å². The Morgan fingerprint density at radius 3 is 2.61 bits per heavy atom. The largest absolute Gasteiger partial charge is 0.366 e. The van der Waals surface area contributed by atoms with Crippen LogP contribution in [0.4, 0.5) is 20.2 Å². The van der Waals surface area contributed by atoms with E-state index in [0.29, 0.717) is 34.9 Å². The number of rotatable bonds is 6. The number of anilines is 2. The first-order valence-electron chi connectivity index (χ1n) is 9.31. The first kappa shape index (κ1) is 20.6. The normalized spacial score (nSPS) is 17.8. The zero-order chi connectivity index (χ0) is 20.1. The monoisotopic (exact) mass is 405 g/mol. The van der Waals surface area contributed by atoms with Gasteiger partial charge >= 0.3 is 0 Å². The Balaban J connectivity index is 1.50. The fraction of sp³-hybridized carbons (Fsp3) is 0.381. The molecule has 1 atom stereocenters. The fourth-order valence-corrected chi connectivity index (χ4v) is 3.99. The molecule has 0 aliphatic carbocycles. The Morgan fingerprint density at radius 1 is 1.21 bits per heavy atom. The van der Waals surface area contributed by atoms with E-state index in [9.17, 15) is 13.6 Å². The maximum absolute atomic E-state index is 12.4. The molecular weight excluding hydrogens is 380 g/mol. The quantitative estimate of drug-likeness (QED) is 0.720. The van der Waals surface area contributed by atoms with Crippen molar-refractivity contribution in [1.82, 2.24) is 4.90 Å². The second-order valence-electron chi connectivity index (χ2n) is 7.07. The molecule has 0 radical (unpaired) electrons. The summed E-state index contributed by atoms with van der Waals surface area (Å²) in [5.41, 5.74) is 3.08. The smallest absolute Gasteiger partial charge is 0.288 e. The number of piperazine rings is 1. The SMILES string of the molecule is Cc1cccc(N2CCN(CC(=O)Nc3ccc(SC(F)F)cc3)C[C@H]2C)c1. The fourth-order valence-electron chi connectivity index (χ4n) is 3.49. The van der Waals surface area contributed by atoms with Gasteiger partial charge in [0.2, 0.25) is 5.91 Å². The van der Waals surface area contributed by atoms with E-state index in [2.05, 4.69) is 53.2 Å². The summed E-state index contributed by atoms with van der Waals surface area (Å²) in [5, 5.41) is 2.84. The minimum absolute atomic E-state index is 0.0922. The van der Waals surface area contributed by atoms with Crippen LogP contribution in [-0.4, -0.2) is 48.8 Å². The molecule has 1 N–H and O–H groups in total. The minimum Gasteiger partial charge on any atom is -0.366 e. The van der Waals surface area contributed by atoms with Gasteiger partial charge in [0.25, 0.3) is 5.76 Å². The van der Waals surface area contributed by atoms with Gasteiger partial charge < -0.3 is 10.2 Å². The first-order valence-corrected chi connectivity index (χ1v) is 10.2. The molecule has 28 heavy (non-hydrogen) atoms. The summed E-state index contributed by atoms with van der Waals surface area (Å²) in [5.74, 6) is -2.54. The van der Waals surface area contributed by atoms with E-state index >= 15 is 0 Å². The van der Waals surface area contributed by atoms with Gasteiger partial charge in [0, 0.05) is 41.9 Å². The zero-order valence-electron chi connectivity index (χ0n) is 16.1. The number of alkyl halides is 2. The predicted molar refractivity (Wildman–Crippen MR) is 111 cm³/mol. The maximum Gasteiger partial charge on any atom is 0.288 e. The van der Waals surface area contributed by atoms with Crippen LogP contribution in [0.25, 0.3) is 0 Å². The Labute approximate surface area is 168 Å². The highest BCUT2D eigenvalue weighted by Gasteiger charge is 2.25. The number of carbonyl (C=O) groups excluding carboxylic acids is 1. The number of nitrogens with zero attached hydrogens (tertiary/aromatic N) is 2. The molecule has 0 unspecified atom stereocenters. The number of thioether (sulfide) groups is 1. The lowest BCUT2D eigenvalue weighted by molar-refractivity contribution is -0.117. The summed E-state index contributed by atoms with van der Waals surface area (Å²) in [6.45, 7) is 7.08. The molecule has 0 saturated carbocycles. The number of hydrogen-bond donors (Lipinski definition) is 1. The molecule has 3 rings (SSSR count). The summed E-state index contributed by atoms with van der Waals surface area (Å²) in [6.07, 6.45) is 0. The number of benzene rings is 2. The first-order chi connectivity index (χ1) is 13.4. The molecule has 0 spiro atoms. The molecule has 1 aliphatic heterocycles. The van der Waals surface area contributed by atoms with Crippen molar-refractivity contribution >= 4 is 29.0 Å². The van der Waals surface area contributed by atoms with E-state index in [1.807, 2.05) is 0 Å². The van der Waals surface area contributed by atoms with Gasteiger partial charge in [-0.2, -0.15) is 8.78 Å². The molecule has 4 nitrogen and oxygen atoms in total. The van der Waals surface area contributed by atoms with Crippen LogP contribution in [0.1, 0.15) is 12.5 Å². The molecule has 1 heterocycles. The molecule has 0 aromatic heterocycles. The Morgan fingerprint density at radius 2 is 1.96 bits per heavy atom. The molecule has 1 aliphatic rings. The van der Waals surface area contributed by atoms with Crippen molar-refractivity contribution in [3.8, 4) is 0 Å². The van der Waals surface area contributed by atoms with Crippen molar-refractivity contribution in [3.63, 3.8) is 0 Å². The van der Waals surface area contributed by atoms with Crippen LogP contribution in [0.3, 0.4) is 0 Å². The lowest BCUT2D eigenvalue weighted by atomic mass is 10.1. The number of carbonyl (C=O) groups is 1. The Hall–Kier alpha value is -2.12. The third-order valence-electron chi connectivity index (χ3n) is 4.78. The minimum atomic E-state index is -2.44. The van der Waals surface area contributed by atoms with E-state index in [0.717, 1.165) is 19.6 Å². The van der Waals surface area contributed by atoms with E-state index in [1.165, 1.54) is 11.3 Å². The van der Waals surface area contributed by atoms with Crippen molar-refractivity contribution in [3.05, 3.63) is 54.1 Å². The number of hydrogen-bond acceptors (Lipinski definition) is 4. The lowest BCUT2D eigenvalue weighted by Gasteiger charge is -2.41. The average molecular weight is 406 g/mol. The average Bonchev–Trinajstić information content (AvgIpc) is 2.63. The van der Waals surface area contributed by atoms with Crippen LogP contribution in [0, 0.1) is 6.92 Å². The van der Waals surface area contributed by atoms with Crippen molar-refractivity contribution < 1.29 is 13.6 Å². The highest BCUT2D eigenvalue weighted by molar-refractivity contribution is 7.99. The van der Waals surface area contributed by atoms with Gasteiger partial charge in [-0.05, 0) is 55.8 Å². The Kier molecular flexibility index (Phi) is 6.91. The van der Waals surface area contributed by atoms with Gasteiger partial charge in [-0.3, -0.25) is 9.69 Å². The summed E-state index contributed by atoms with van der Waals surface area (Å²) in [6, 6.07) is 15.3. The molecular formula is C21H25F2N3OS. The summed E-state index contributed by atoms with van der Waals surface area (Å²) in [7, 11) is 0. The second kappa shape index (κ2) is 9.39. The van der Waals surface area contributed by atoms with E-state index in [-0.39, 0.29) is 5.91 Å². The zero-order valence-corrected chi connectivity index (χ0v) is 16.9. The van der Waals surface area contributed by atoms with Gasteiger partial charge in [0.15, 0.2) is 0 Å². The molecule has 2 aromatic rings. The van der Waals surface area contributed by atoms with Crippen molar-refractivity contribution in [1.29, 1.82) is 0 Å². The van der Waals surface area contributed by atoms with Gasteiger partial charge in [0.1, 0.15) is 0 Å². The van der Waals surface area contributed by atoms with Gasteiger partial charge in [0.05, 0.1) is 6.54 Å². The third-order valence-corrected chi connectivity index (χ3v) is 5.50. The molecule has 1 saturated heterocycles. The van der Waals surface area contributed by atoms with E-state index < -0.39 is 5.76 Å². The van der Waals surface area contributed by atoms with Crippen molar-refractivity contribution in [2.24, 2.45) is 0 Å². The van der Waals surface area contributed by atoms with Crippen molar-refractivity contribution in [2.45, 2.75) is 30.5 Å². The highest BCUT2D eigenvalue weighted by atomic mass is 32.2. The summed E-state index contributed by atoms with van der Waals surface area (Å²) < 4.78 is 24.7. The van der Waals surface area contributed by atoms with Gasteiger partial charge in [-0.1, -0.05) is 23.9 Å². The molecule has 1 amide bonds. The van der Waals surface area contributed by atoms with Gasteiger partial charge in [-0.15, -0.1) is 0 Å². The molecule has 7 heteroatoms. The lowest BCUT2D eigenvalue weighted by Crippen LogP contribution is -2.53. The molecule has 2 aromatic carbocycles. The topological polar surface area (TPSA) is 35.6 Å². The molecule has 150 valence electrons. The summed E-state index contributed by atoms with van der Waals surface area (Å²) in [4.78, 5) is 17.4. The van der Waals surface area contributed by atoms with Crippen LogP contribution in [0.2, 0.25) is 0 Å². The van der Waals surface area contributed by atoms with Gasteiger partial charge in [-0.25, -0.2) is 0 Å². The molecule has 0 bridgehead atoms. The third kappa shape index (κ3) is 5.69. The number of halogens is 2. The van der Waals surface area contributed by atoms with E-state index in [1.54, 1.807) is 24.3 Å². The standard InChI is InChI=1S/C21H25F2N3OS/c1-15-4-3-5-18(12-15)26-11-10-25(13-16(26)2)14-20(27)24-17-6-8-19(9-7-17)28-21(22)23/h3-9,12,16,21H,10-11,13-14H2,1-2H3,(H,24,27)/t16-/m1/s1. The van der Waals surface area contributed by atoms with Crippen LogP contribution < -0.4 is 10.2 Å². The molecule has 1 fully saturated rings. The van der Waals surface area contributed by atoms with Crippen LogP contribution in [0.15, 0.2) is 53.4 Å². The van der Waals surface area contributed by atoms with Crippen LogP contribution in [-0.2, 0) is 4.79 Å². The summed E-state index contributed by atoms with van der Waals surface area (Å²) >= 11 is 0.495. The van der Waals surface area contributed by atoms with E-state index in [4.69, 9.17) is 0 Å².